The van der Waals surface area contributed by atoms with Crippen LogP contribution in [0.5, 0.6) is 0 Å². The number of amides is 3. The van der Waals surface area contributed by atoms with E-state index >= 15 is 0 Å². The van der Waals surface area contributed by atoms with Crippen LogP contribution in [0.3, 0.4) is 0 Å². The van der Waals surface area contributed by atoms with Crippen molar-refractivity contribution in [1.29, 1.82) is 0 Å². The molecule has 0 unspecified atom stereocenters. The van der Waals surface area contributed by atoms with Crippen molar-refractivity contribution in [3.63, 3.8) is 0 Å². The van der Waals surface area contributed by atoms with Crippen LogP contribution in [0.1, 0.15) is 20.7 Å². The number of carbonyl (C=O) groups excluding carboxylic acids is 3. The maximum Gasteiger partial charge on any atom is 0.383 e. The lowest BCUT2D eigenvalue weighted by Crippen LogP contribution is -2.41. The minimum absolute atomic E-state index is 0.00798. The van der Waals surface area contributed by atoms with E-state index < -0.39 is 30.1 Å². The first-order valence-corrected chi connectivity index (χ1v) is 5.20. The van der Waals surface area contributed by atoms with Crippen LogP contribution in [0.2, 0.25) is 0 Å². The lowest BCUT2D eigenvalue weighted by Gasteiger charge is -2.14. The van der Waals surface area contributed by atoms with Gasteiger partial charge in [-0.05, 0) is 18.2 Å². The summed E-state index contributed by atoms with van der Waals surface area (Å²) >= 11 is 0. The van der Waals surface area contributed by atoms with E-state index in [1.54, 1.807) is 5.32 Å². The van der Waals surface area contributed by atoms with Gasteiger partial charge in [-0.25, -0.2) is 8.78 Å². The average molecular weight is 290 g/mol. The molecule has 0 aliphatic carbocycles. The number of hydrogen-bond donors (Lipinski definition) is 2. The van der Waals surface area contributed by atoms with Crippen molar-refractivity contribution in [3.05, 3.63) is 29.3 Å². The fraction of sp³-hybridized carbons (Fsp3) is 0.182. The molecule has 3 amide bonds. The second-order valence-corrected chi connectivity index (χ2v) is 3.92. The van der Waals surface area contributed by atoms with Gasteiger partial charge in [0.1, 0.15) is 0 Å². The Balaban J connectivity index is 2.25. The van der Waals surface area contributed by atoms with Crippen molar-refractivity contribution in [3.8, 4) is 0 Å². The molecule has 0 saturated carbocycles. The van der Waals surface area contributed by atoms with Crippen LogP contribution in [0.25, 0.3) is 0 Å². The smallest absolute Gasteiger partial charge is 0.321 e. The number of nitrogens with one attached hydrogen (secondary N) is 2. The Morgan fingerprint density at radius 3 is 2.35 bits per heavy atom. The van der Waals surface area contributed by atoms with Gasteiger partial charge < -0.3 is 5.32 Å². The maximum atomic E-state index is 12.7. The number of imide groups is 1. The number of rotatable bonds is 3. The van der Waals surface area contributed by atoms with Crippen molar-refractivity contribution in [2.24, 2.45) is 0 Å². The predicted molar refractivity (Wildman–Crippen MR) is 57.8 cm³/mol. The second-order valence-electron chi connectivity index (χ2n) is 3.92. The van der Waals surface area contributed by atoms with E-state index in [9.17, 15) is 31.9 Å². The normalized spacial score (nSPS) is 14.2. The number of fused-ring (bicyclic) bond motifs is 1. The second kappa shape index (κ2) is 4.58. The molecule has 1 aliphatic rings. The standard InChI is InChI=1S/C11H6F4N2O3/c12-9(13)11(14,15)10(20)16-4-1-2-5-6(3-4)8(19)17-7(5)18/h1-3,9H,(H,16,20)(H,17,18,19). The lowest BCUT2D eigenvalue weighted by atomic mass is 10.1. The topological polar surface area (TPSA) is 75.3 Å². The van der Waals surface area contributed by atoms with Crippen LogP contribution in [-0.2, 0) is 4.79 Å². The third-order valence-electron chi connectivity index (χ3n) is 2.57. The summed E-state index contributed by atoms with van der Waals surface area (Å²) in [4.78, 5) is 33.5. The third kappa shape index (κ3) is 2.22. The highest BCUT2D eigenvalue weighted by molar-refractivity contribution is 6.22. The first kappa shape index (κ1) is 14.0. The predicted octanol–water partition coefficient (Wildman–Crippen LogP) is 1.41. The Labute approximate surface area is 108 Å². The molecule has 1 aliphatic heterocycles. The molecule has 0 aromatic heterocycles. The van der Waals surface area contributed by atoms with Gasteiger partial charge >= 0.3 is 18.3 Å². The summed E-state index contributed by atoms with van der Waals surface area (Å²) in [5.74, 6) is -8.48. The molecule has 0 fully saturated rings. The van der Waals surface area contributed by atoms with Gasteiger partial charge in [-0.3, -0.25) is 19.7 Å². The summed E-state index contributed by atoms with van der Waals surface area (Å²) in [6.45, 7) is 0. The molecular formula is C11H6F4N2O3. The number of halogens is 4. The molecule has 106 valence electrons. The molecule has 2 rings (SSSR count). The molecule has 1 heterocycles. The van der Waals surface area contributed by atoms with Crippen molar-refractivity contribution < 1.29 is 31.9 Å². The highest BCUT2D eigenvalue weighted by Gasteiger charge is 2.49. The summed E-state index contributed by atoms with van der Waals surface area (Å²) < 4.78 is 49.4. The SMILES string of the molecule is O=C1NC(=O)c2cc(NC(=O)C(F)(F)C(F)F)ccc21. The van der Waals surface area contributed by atoms with Gasteiger partial charge in [0.15, 0.2) is 0 Å². The van der Waals surface area contributed by atoms with Crippen LogP contribution in [0.15, 0.2) is 18.2 Å². The minimum Gasteiger partial charge on any atom is -0.321 e. The fourth-order valence-electron chi connectivity index (χ4n) is 1.56. The van der Waals surface area contributed by atoms with E-state index in [4.69, 9.17) is 0 Å². The molecule has 0 saturated heterocycles. The van der Waals surface area contributed by atoms with Crippen molar-refractivity contribution in [2.75, 3.05) is 5.32 Å². The van der Waals surface area contributed by atoms with Gasteiger partial charge in [0.05, 0.1) is 11.1 Å². The van der Waals surface area contributed by atoms with Gasteiger partial charge in [-0.2, -0.15) is 8.78 Å². The van der Waals surface area contributed by atoms with Crippen molar-refractivity contribution in [1.82, 2.24) is 5.32 Å². The van der Waals surface area contributed by atoms with Gasteiger partial charge in [0.2, 0.25) is 0 Å². The summed E-state index contributed by atoms with van der Waals surface area (Å²) in [7, 11) is 0. The minimum atomic E-state index is -4.85. The largest absolute Gasteiger partial charge is 0.383 e. The summed E-state index contributed by atoms with van der Waals surface area (Å²) in [6, 6.07) is 3.12. The number of hydrogen-bond acceptors (Lipinski definition) is 3. The lowest BCUT2D eigenvalue weighted by molar-refractivity contribution is -0.163. The summed E-state index contributed by atoms with van der Waals surface area (Å²) in [5, 5.41) is 3.52. The van der Waals surface area contributed by atoms with Gasteiger partial charge in [-0.1, -0.05) is 0 Å². The van der Waals surface area contributed by atoms with Gasteiger partial charge in [0, 0.05) is 5.69 Å². The van der Waals surface area contributed by atoms with Gasteiger partial charge in [0.25, 0.3) is 11.8 Å². The molecule has 1 aromatic carbocycles. The molecule has 9 heteroatoms. The molecule has 2 N–H and O–H groups in total. The highest BCUT2D eigenvalue weighted by atomic mass is 19.3. The Bertz CT molecular complexity index is 616. The van der Waals surface area contributed by atoms with E-state index in [-0.39, 0.29) is 16.8 Å². The Morgan fingerprint density at radius 1 is 1.15 bits per heavy atom. The first-order chi connectivity index (χ1) is 9.23. The molecule has 0 radical (unpaired) electrons. The highest BCUT2D eigenvalue weighted by Crippen LogP contribution is 2.26. The molecule has 5 nitrogen and oxygen atoms in total. The van der Waals surface area contributed by atoms with E-state index in [1.165, 1.54) is 0 Å². The Kier molecular flexibility index (Phi) is 3.20. The third-order valence-corrected chi connectivity index (χ3v) is 2.57. The van der Waals surface area contributed by atoms with Crippen LogP contribution >= 0.6 is 0 Å². The number of alkyl halides is 4. The number of anilines is 1. The number of carbonyl (C=O) groups is 3. The van der Waals surface area contributed by atoms with E-state index in [1.807, 2.05) is 5.32 Å². The zero-order valence-corrected chi connectivity index (χ0v) is 9.55. The molecule has 20 heavy (non-hydrogen) atoms. The van der Waals surface area contributed by atoms with Crippen LogP contribution < -0.4 is 10.6 Å². The Hall–Kier alpha value is -2.45. The first-order valence-electron chi connectivity index (χ1n) is 5.20. The quantitative estimate of drug-likeness (QED) is 0.653. The van der Waals surface area contributed by atoms with Crippen molar-refractivity contribution >= 4 is 23.4 Å². The van der Waals surface area contributed by atoms with E-state index in [2.05, 4.69) is 0 Å². The zero-order valence-electron chi connectivity index (χ0n) is 9.55. The van der Waals surface area contributed by atoms with E-state index in [0.29, 0.717) is 0 Å². The van der Waals surface area contributed by atoms with Crippen LogP contribution in [-0.4, -0.2) is 30.1 Å². The van der Waals surface area contributed by atoms with Gasteiger partial charge in [-0.15, -0.1) is 0 Å². The monoisotopic (exact) mass is 290 g/mol. The van der Waals surface area contributed by atoms with Crippen LogP contribution in [0.4, 0.5) is 23.2 Å². The average Bonchev–Trinajstić information content (AvgIpc) is 2.64. The van der Waals surface area contributed by atoms with Crippen molar-refractivity contribution in [2.45, 2.75) is 12.3 Å². The molecule has 0 atom stereocenters. The fourth-order valence-corrected chi connectivity index (χ4v) is 1.56. The van der Waals surface area contributed by atoms with E-state index in [0.717, 1.165) is 18.2 Å². The summed E-state index contributed by atoms with van der Waals surface area (Å²) in [5.41, 5.74) is -0.416. The summed E-state index contributed by atoms with van der Waals surface area (Å²) in [6.07, 6.45) is -4.15. The number of benzene rings is 1. The molecular weight excluding hydrogens is 284 g/mol. The maximum absolute atomic E-state index is 12.7. The Morgan fingerprint density at radius 2 is 1.75 bits per heavy atom. The molecule has 1 aromatic rings. The molecule has 0 bridgehead atoms. The van der Waals surface area contributed by atoms with Crippen LogP contribution in [0, 0.1) is 0 Å². The molecule has 0 spiro atoms. The zero-order chi connectivity index (χ0) is 15.1.